The van der Waals surface area contributed by atoms with Gasteiger partial charge in [0.2, 0.25) is 0 Å². The van der Waals surface area contributed by atoms with Crippen LogP contribution >= 0.6 is 0 Å². The van der Waals surface area contributed by atoms with Gasteiger partial charge >= 0.3 is 0 Å². The summed E-state index contributed by atoms with van der Waals surface area (Å²) in [6.45, 7) is 9.12. The predicted octanol–water partition coefficient (Wildman–Crippen LogP) is 1.49. The number of hydrazone groups is 1. The van der Waals surface area contributed by atoms with Crippen LogP contribution in [0.4, 0.5) is 5.69 Å². The van der Waals surface area contributed by atoms with Crippen molar-refractivity contribution in [2.75, 3.05) is 12.4 Å². The zero-order valence-electron chi connectivity index (χ0n) is 18.9. The van der Waals surface area contributed by atoms with Gasteiger partial charge in [-0.3, -0.25) is 9.59 Å². The average Bonchev–Trinajstić information content (AvgIpc) is 3.18. The predicted molar refractivity (Wildman–Crippen MR) is 125 cm³/mol. The summed E-state index contributed by atoms with van der Waals surface area (Å²) in [4.78, 5) is 30.2. The van der Waals surface area contributed by atoms with Crippen LogP contribution in [0.5, 0.6) is 0 Å². The lowest BCUT2D eigenvalue weighted by atomic mass is 10.2. The van der Waals surface area contributed by atoms with Gasteiger partial charge in [0.15, 0.2) is 5.82 Å². The Morgan fingerprint density at radius 3 is 2.72 bits per heavy atom. The van der Waals surface area contributed by atoms with Gasteiger partial charge in [-0.1, -0.05) is 0 Å². The van der Waals surface area contributed by atoms with Crippen LogP contribution in [0.15, 0.2) is 56.5 Å². The van der Waals surface area contributed by atoms with Gasteiger partial charge in [0, 0.05) is 38.1 Å². The van der Waals surface area contributed by atoms with Crippen LogP contribution in [0.2, 0.25) is 0 Å². The van der Waals surface area contributed by atoms with Crippen molar-refractivity contribution in [2.45, 2.75) is 58.2 Å². The van der Waals surface area contributed by atoms with E-state index in [9.17, 15) is 14.7 Å². The van der Waals surface area contributed by atoms with Crippen LogP contribution in [-0.4, -0.2) is 52.3 Å². The van der Waals surface area contributed by atoms with Crippen LogP contribution in [0, 0.1) is 0 Å². The number of amidine groups is 1. The molecule has 10 nitrogen and oxygen atoms in total. The van der Waals surface area contributed by atoms with Gasteiger partial charge in [-0.2, -0.15) is 10.1 Å². The molecule has 32 heavy (non-hydrogen) atoms. The SMILES string of the molecule is C=NN1C(NC)=CC(Nc2cccn(C(C)C)c2=O)=N/C1=C(/C)C(=O)NC1CC[C@H](O)C1. The largest absolute Gasteiger partial charge is 0.393 e. The van der Waals surface area contributed by atoms with E-state index in [0.29, 0.717) is 35.8 Å². The highest BCUT2D eigenvalue weighted by Crippen LogP contribution is 2.24. The molecule has 0 bridgehead atoms. The smallest absolute Gasteiger partial charge is 0.274 e. The van der Waals surface area contributed by atoms with Crippen molar-refractivity contribution in [3.05, 3.63) is 52.0 Å². The molecule has 0 spiro atoms. The number of anilines is 1. The van der Waals surface area contributed by atoms with Crippen molar-refractivity contribution in [3.63, 3.8) is 0 Å². The van der Waals surface area contributed by atoms with Gasteiger partial charge in [-0.05, 0) is 52.2 Å². The second-order valence-corrected chi connectivity index (χ2v) is 8.17. The van der Waals surface area contributed by atoms with Crippen molar-refractivity contribution >= 4 is 24.1 Å². The molecule has 0 aromatic carbocycles. The lowest BCUT2D eigenvalue weighted by Gasteiger charge is -2.27. The molecule has 1 aliphatic carbocycles. The number of aromatic nitrogens is 1. The van der Waals surface area contributed by atoms with E-state index in [1.54, 1.807) is 42.9 Å². The number of hydrogen-bond donors (Lipinski definition) is 4. The van der Waals surface area contributed by atoms with Gasteiger partial charge < -0.3 is 25.6 Å². The standard InChI is InChI=1S/C22H31N7O3/c1-13(2)28-10-6-7-17(22(28)32)26-18-12-19(23-4)29(24-5)20(27-18)14(3)21(31)25-15-8-9-16(30)11-15/h6-7,10,12-13,15-16,23,30H,5,8-9,11H2,1-4H3,(H,25,31)(H,26,27)/b20-14+/t15?,16-/m0/s1. The highest BCUT2D eigenvalue weighted by Gasteiger charge is 2.28. The van der Waals surface area contributed by atoms with E-state index in [1.807, 2.05) is 13.8 Å². The second kappa shape index (κ2) is 9.82. The number of amides is 1. The van der Waals surface area contributed by atoms with Crippen LogP contribution in [0.1, 0.15) is 46.1 Å². The van der Waals surface area contributed by atoms with Crippen molar-refractivity contribution in [1.82, 2.24) is 20.2 Å². The van der Waals surface area contributed by atoms with E-state index in [4.69, 9.17) is 0 Å². The van der Waals surface area contributed by atoms with Crippen LogP contribution in [-0.2, 0) is 4.79 Å². The zero-order chi connectivity index (χ0) is 23.4. The average molecular weight is 442 g/mol. The molecule has 0 saturated heterocycles. The molecule has 4 N–H and O–H groups in total. The topological polar surface area (TPSA) is 123 Å². The minimum Gasteiger partial charge on any atom is -0.393 e. The molecule has 0 radical (unpaired) electrons. The third kappa shape index (κ3) is 4.91. The zero-order valence-corrected chi connectivity index (χ0v) is 18.9. The van der Waals surface area contributed by atoms with E-state index in [1.165, 1.54) is 5.01 Å². The van der Waals surface area contributed by atoms with Crippen molar-refractivity contribution in [2.24, 2.45) is 10.1 Å². The number of nitrogens with zero attached hydrogens (tertiary/aromatic N) is 4. The van der Waals surface area contributed by atoms with E-state index in [2.05, 4.69) is 32.8 Å². The molecule has 3 rings (SSSR count). The lowest BCUT2D eigenvalue weighted by Crippen LogP contribution is -2.37. The lowest BCUT2D eigenvalue weighted by molar-refractivity contribution is -0.118. The first-order chi connectivity index (χ1) is 15.2. The molecule has 1 aromatic rings. The third-order valence-corrected chi connectivity index (χ3v) is 5.54. The van der Waals surface area contributed by atoms with Gasteiger partial charge in [0.25, 0.3) is 11.5 Å². The number of carbonyl (C=O) groups excluding carboxylic acids is 1. The monoisotopic (exact) mass is 441 g/mol. The first-order valence-corrected chi connectivity index (χ1v) is 10.7. The molecular formula is C22H31N7O3. The number of aliphatic imine (C=N–C) groups is 1. The molecule has 1 saturated carbocycles. The van der Waals surface area contributed by atoms with Gasteiger partial charge in [0.1, 0.15) is 17.3 Å². The molecule has 10 heteroatoms. The quantitative estimate of drug-likeness (QED) is 0.392. The fourth-order valence-corrected chi connectivity index (χ4v) is 3.76. The van der Waals surface area contributed by atoms with Crippen molar-refractivity contribution in [3.8, 4) is 0 Å². The molecule has 172 valence electrons. The number of rotatable bonds is 6. The third-order valence-electron chi connectivity index (χ3n) is 5.54. The minimum absolute atomic E-state index is 0.0110. The number of aliphatic hydroxyl groups is 1. The van der Waals surface area contributed by atoms with Crippen molar-refractivity contribution < 1.29 is 9.90 Å². The highest BCUT2D eigenvalue weighted by molar-refractivity contribution is 6.06. The maximum absolute atomic E-state index is 12.9. The molecular weight excluding hydrogens is 410 g/mol. The van der Waals surface area contributed by atoms with Gasteiger partial charge in [0.05, 0.1) is 11.7 Å². The molecule has 1 unspecified atom stereocenters. The van der Waals surface area contributed by atoms with E-state index >= 15 is 0 Å². The maximum Gasteiger partial charge on any atom is 0.274 e. The molecule has 2 aliphatic rings. The second-order valence-electron chi connectivity index (χ2n) is 8.17. The van der Waals surface area contributed by atoms with Crippen molar-refractivity contribution in [1.29, 1.82) is 0 Å². The Labute approximate surface area is 187 Å². The number of carbonyl (C=O) groups is 1. The normalized spacial score (nSPS) is 22.2. The first kappa shape index (κ1) is 23.3. The Balaban J connectivity index is 1.94. The van der Waals surface area contributed by atoms with Crippen LogP contribution in [0.3, 0.4) is 0 Å². The Kier molecular flexibility index (Phi) is 7.14. The van der Waals surface area contributed by atoms with Gasteiger partial charge in [-0.15, -0.1) is 0 Å². The molecule has 1 fully saturated rings. The molecule has 1 amide bonds. The summed E-state index contributed by atoms with van der Waals surface area (Å²) < 4.78 is 1.62. The maximum atomic E-state index is 12.9. The first-order valence-electron chi connectivity index (χ1n) is 10.7. The van der Waals surface area contributed by atoms with E-state index in [-0.39, 0.29) is 35.5 Å². The summed E-state index contributed by atoms with van der Waals surface area (Å²) >= 11 is 0. The van der Waals surface area contributed by atoms with Crippen LogP contribution in [0.25, 0.3) is 0 Å². The summed E-state index contributed by atoms with van der Waals surface area (Å²) in [6.07, 6.45) is 4.97. The number of aliphatic hydroxyl groups excluding tert-OH is 1. The Hall–Kier alpha value is -3.40. The number of nitrogens with one attached hydrogen (secondary N) is 3. The van der Waals surface area contributed by atoms with Gasteiger partial charge in [-0.25, -0.2) is 4.99 Å². The molecule has 1 aromatic heterocycles. The minimum atomic E-state index is -0.386. The van der Waals surface area contributed by atoms with E-state index < -0.39 is 0 Å². The molecule has 1 aliphatic heterocycles. The molecule has 2 heterocycles. The highest BCUT2D eigenvalue weighted by atomic mass is 16.3. The number of hydrogen-bond acceptors (Lipinski definition) is 8. The summed E-state index contributed by atoms with van der Waals surface area (Å²) in [6, 6.07) is 3.40. The van der Waals surface area contributed by atoms with E-state index in [0.717, 1.165) is 6.42 Å². The molecule has 2 atom stereocenters. The Morgan fingerprint density at radius 2 is 2.12 bits per heavy atom. The number of pyridine rings is 1. The fourth-order valence-electron chi connectivity index (χ4n) is 3.76. The van der Waals surface area contributed by atoms with Crippen LogP contribution < -0.4 is 21.5 Å². The summed E-state index contributed by atoms with van der Waals surface area (Å²) in [5, 5.41) is 24.2. The Morgan fingerprint density at radius 1 is 1.38 bits per heavy atom. The summed E-state index contributed by atoms with van der Waals surface area (Å²) in [5.41, 5.74) is 0.535. The Bertz CT molecular complexity index is 1040. The summed E-state index contributed by atoms with van der Waals surface area (Å²) in [7, 11) is 1.72. The fraction of sp³-hybridized carbons (Fsp3) is 0.455. The summed E-state index contributed by atoms with van der Waals surface area (Å²) in [5.74, 6) is 0.905.